The van der Waals surface area contributed by atoms with Crippen LogP contribution in [0.5, 0.6) is 0 Å². The lowest BCUT2D eigenvalue weighted by Crippen LogP contribution is -2.33. The van der Waals surface area contributed by atoms with Crippen LogP contribution in [0.3, 0.4) is 0 Å². The Morgan fingerprint density at radius 3 is 2.36 bits per heavy atom. The molecular weight excluding hydrogens is 312 g/mol. The SMILES string of the molecule is O=C(Nc1ccc2c(c1)N(C(=O)C1CCCC1)CC2)C1CCCCC1. The zero-order valence-electron chi connectivity index (χ0n) is 14.9. The van der Waals surface area contributed by atoms with E-state index in [-0.39, 0.29) is 23.7 Å². The van der Waals surface area contributed by atoms with Crippen LogP contribution in [0, 0.1) is 11.8 Å². The van der Waals surface area contributed by atoms with Gasteiger partial charge >= 0.3 is 0 Å². The van der Waals surface area contributed by atoms with E-state index in [0.717, 1.165) is 62.9 Å². The summed E-state index contributed by atoms with van der Waals surface area (Å²) in [6.45, 7) is 0.782. The van der Waals surface area contributed by atoms with Gasteiger partial charge in [0.15, 0.2) is 0 Å². The molecule has 0 radical (unpaired) electrons. The molecule has 3 aliphatic rings. The van der Waals surface area contributed by atoms with Crippen molar-refractivity contribution in [2.45, 2.75) is 64.2 Å². The molecule has 2 saturated carbocycles. The first-order chi connectivity index (χ1) is 12.2. The highest BCUT2D eigenvalue weighted by Crippen LogP contribution is 2.35. The zero-order valence-corrected chi connectivity index (χ0v) is 14.9. The highest BCUT2D eigenvalue weighted by Gasteiger charge is 2.32. The minimum Gasteiger partial charge on any atom is -0.326 e. The van der Waals surface area contributed by atoms with Crippen molar-refractivity contribution in [3.63, 3.8) is 0 Å². The summed E-state index contributed by atoms with van der Waals surface area (Å²) in [7, 11) is 0. The van der Waals surface area contributed by atoms with Gasteiger partial charge in [0.25, 0.3) is 0 Å². The lowest BCUT2D eigenvalue weighted by molar-refractivity contribution is -0.122. The highest BCUT2D eigenvalue weighted by atomic mass is 16.2. The van der Waals surface area contributed by atoms with E-state index in [2.05, 4.69) is 11.4 Å². The number of fused-ring (bicyclic) bond motifs is 1. The smallest absolute Gasteiger partial charge is 0.230 e. The van der Waals surface area contributed by atoms with Gasteiger partial charge < -0.3 is 10.2 Å². The summed E-state index contributed by atoms with van der Waals surface area (Å²) in [6, 6.07) is 6.08. The number of amides is 2. The van der Waals surface area contributed by atoms with Gasteiger partial charge in [-0.05, 0) is 49.8 Å². The lowest BCUT2D eigenvalue weighted by Gasteiger charge is -2.23. The Labute approximate surface area is 150 Å². The summed E-state index contributed by atoms with van der Waals surface area (Å²) < 4.78 is 0. The molecule has 25 heavy (non-hydrogen) atoms. The molecule has 1 aliphatic heterocycles. The molecule has 0 saturated heterocycles. The third-order valence-corrected chi connectivity index (χ3v) is 6.19. The number of hydrogen-bond acceptors (Lipinski definition) is 2. The van der Waals surface area contributed by atoms with Crippen LogP contribution in [-0.4, -0.2) is 18.4 Å². The normalized spacial score (nSPS) is 21.4. The van der Waals surface area contributed by atoms with Gasteiger partial charge in [-0.2, -0.15) is 0 Å². The zero-order chi connectivity index (χ0) is 17.2. The molecular formula is C21H28N2O2. The number of hydrogen-bond donors (Lipinski definition) is 1. The maximum atomic E-state index is 12.8. The number of nitrogens with zero attached hydrogens (tertiary/aromatic N) is 1. The van der Waals surface area contributed by atoms with Gasteiger partial charge in [-0.25, -0.2) is 0 Å². The quantitative estimate of drug-likeness (QED) is 0.892. The van der Waals surface area contributed by atoms with E-state index < -0.39 is 0 Å². The standard InChI is InChI=1S/C21H28N2O2/c24-20(16-6-2-1-3-7-16)22-18-11-10-15-12-13-23(19(15)14-18)21(25)17-8-4-5-9-17/h10-11,14,16-17H,1-9,12-13H2,(H,22,24). The second kappa shape index (κ2) is 7.19. The first-order valence-electron chi connectivity index (χ1n) is 9.97. The summed E-state index contributed by atoms with van der Waals surface area (Å²) in [6.07, 6.45) is 10.9. The minimum absolute atomic E-state index is 0.145. The number of anilines is 2. The van der Waals surface area contributed by atoms with Crippen LogP contribution < -0.4 is 10.2 Å². The Morgan fingerprint density at radius 1 is 0.920 bits per heavy atom. The van der Waals surface area contributed by atoms with Crippen LogP contribution in [-0.2, 0) is 16.0 Å². The first kappa shape index (κ1) is 16.6. The molecule has 2 amide bonds. The average molecular weight is 340 g/mol. The number of nitrogens with one attached hydrogen (secondary N) is 1. The van der Waals surface area contributed by atoms with Crippen molar-refractivity contribution < 1.29 is 9.59 Å². The average Bonchev–Trinajstić information content (AvgIpc) is 3.31. The monoisotopic (exact) mass is 340 g/mol. The van der Waals surface area contributed by atoms with Gasteiger partial charge in [-0.15, -0.1) is 0 Å². The predicted octanol–water partition coefficient (Wildman–Crippen LogP) is 4.28. The molecule has 4 heteroatoms. The van der Waals surface area contributed by atoms with Gasteiger partial charge in [0, 0.05) is 29.8 Å². The van der Waals surface area contributed by atoms with Crippen molar-refractivity contribution in [2.24, 2.45) is 11.8 Å². The van der Waals surface area contributed by atoms with Gasteiger partial charge in [-0.1, -0.05) is 38.2 Å². The van der Waals surface area contributed by atoms with Crippen molar-refractivity contribution in [1.29, 1.82) is 0 Å². The van der Waals surface area contributed by atoms with E-state index in [9.17, 15) is 9.59 Å². The fourth-order valence-corrected chi connectivity index (χ4v) is 4.69. The van der Waals surface area contributed by atoms with E-state index in [1.54, 1.807) is 0 Å². The lowest BCUT2D eigenvalue weighted by atomic mass is 9.88. The van der Waals surface area contributed by atoms with Gasteiger partial charge in [-0.3, -0.25) is 9.59 Å². The molecule has 1 aromatic rings. The van der Waals surface area contributed by atoms with Crippen LogP contribution in [0.2, 0.25) is 0 Å². The highest BCUT2D eigenvalue weighted by molar-refractivity contribution is 5.99. The topological polar surface area (TPSA) is 49.4 Å². The predicted molar refractivity (Wildman–Crippen MR) is 99.7 cm³/mol. The van der Waals surface area contributed by atoms with E-state index in [4.69, 9.17) is 0 Å². The van der Waals surface area contributed by atoms with Crippen LogP contribution in [0.25, 0.3) is 0 Å². The summed E-state index contributed by atoms with van der Waals surface area (Å²) in [5, 5.41) is 3.09. The Morgan fingerprint density at radius 2 is 1.60 bits per heavy atom. The van der Waals surface area contributed by atoms with E-state index >= 15 is 0 Å². The molecule has 0 aromatic heterocycles. The molecule has 4 nitrogen and oxygen atoms in total. The summed E-state index contributed by atoms with van der Waals surface area (Å²) in [5.41, 5.74) is 3.07. The summed E-state index contributed by atoms with van der Waals surface area (Å²) in [4.78, 5) is 27.3. The van der Waals surface area contributed by atoms with Crippen molar-refractivity contribution in [1.82, 2.24) is 0 Å². The second-order valence-corrected chi connectivity index (χ2v) is 7.89. The summed E-state index contributed by atoms with van der Waals surface area (Å²) >= 11 is 0. The Hall–Kier alpha value is -1.84. The first-order valence-corrected chi connectivity index (χ1v) is 9.97. The molecule has 4 rings (SSSR count). The van der Waals surface area contributed by atoms with Gasteiger partial charge in [0.05, 0.1) is 0 Å². The van der Waals surface area contributed by atoms with E-state index in [0.29, 0.717) is 0 Å². The van der Waals surface area contributed by atoms with Crippen molar-refractivity contribution in [2.75, 3.05) is 16.8 Å². The summed E-state index contributed by atoms with van der Waals surface area (Å²) in [5.74, 6) is 0.781. The number of carbonyl (C=O) groups is 2. The molecule has 1 heterocycles. The van der Waals surface area contributed by atoms with Crippen LogP contribution in [0.1, 0.15) is 63.4 Å². The molecule has 0 bridgehead atoms. The molecule has 0 atom stereocenters. The van der Waals surface area contributed by atoms with Gasteiger partial charge in [0.2, 0.25) is 11.8 Å². The van der Waals surface area contributed by atoms with Crippen LogP contribution in [0.4, 0.5) is 11.4 Å². The number of benzene rings is 1. The minimum atomic E-state index is 0.145. The molecule has 2 fully saturated rings. The Kier molecular flexibility index (Phi) is 4.78. The van der Waals surface area contributed by atoms with E-state index in [1.165, 1.54) is 24.8 Å². The molecule has 134 valence electrons. The third-order valence-electron chi connectivity index (χ3n) is 6.19. The van der Waals surface area contributed by atoms with Crippen LogP contribution >= 0.6 is 0 Å². The van der Waals surface area contributed by atoms with Crippen LogP contribution in [0.15, 0.2) is 18.2 Å². The Bertz CT molecular complexity index is 658. The maximum absolute atomic E-state index is 12.8. The maximum Gasteiger partial charge on any atom is 0.230 e. The molecule has 0 spiro atoms. The fourth-order valence-electron chi connectivity index (χ4n) is 4.69. The van der Waals surface area contributed by atoms with Crippen molar-refractivity contribution >= 4 is 23.2 Å². The number of carbonyl (C=O) groups excluding carboxylic acids is 2. The third kappa shape index (κ3) is 3.44. The largest absolute Gasteiger partial charge is 0.326 e. The molecule has 0 unspecified atom stereocenters. The number of rotatable bonds is 3. The molecule has 2 aliphatic carbocycles. The molecule has 1 aromatic carbocycles. The van der Waals surface area contributed by atoms with Gasteiger partial charge in [0.1, 0.15) is 0 Å². The fraction of sp³-hybridized carbons (Fsp3) is 0.619. The Balaban J connectivity index is 1.48. The molecule has 1 N–H and O–H groups in total. The van der Waals surface area contributed by atoms with E-state index in [1.807, 2.05) is 17.0 Å². The van der Waals surface area contributed by atoms with Crippen molar-refractivity contribution in [3.05, 3.63) is 23.8 Å². The van der Waals surface area contributed by atoms with Crippen molar-refractivity contribution in [3.8, 4) is 0 Å². The second-order valence-electron chi connectivity index (χ2n) is 7.89.